The van der Waals surface area contributed by atoms with Crippen LogP contribution in [0.25, 0.3) is 0 Å². The van der Waals surface area contributed by atoms with Crippen molar-refractivity contribution in [3.05, 3.63) is 30.1 Å². The van der Waals surface area contributed by atoms with Crippen molar-refractivity contribution in [2.24, 2.45) is 0 Å². The molecule has 0 bridgehead atoms. The van der Waals surface area contributed by atoms with Gasteiger partial charge in [0.05, 0.1) is 12.6 Å². The number of piperazine rings is 1. The highest BCUT2D eigenvalue weighted by Gasteiger charge is 2.25. The van der Waals surface area contributed by atoms with Crippen molar-refractivity contribution in [3.63, 3.8) is 0 Å². The molecule has 0 aromatic heterocycles. The van der Waals surface area contributed by atoms with Crippen LogP contribution in [0.5, 0.6) is 0 Å². The average molecular weight is 352 g/mol. The maximum Gasteiger partial charge on any atom is 0.237 e. The Morgan fingerprint density at radius 3 is 2.48 bits per heavy atom. The van der Waals surface area contributed by atoms with E-state index in [0.717, 1.165) is 45.0 Å². The zero-order valence-electron chi connectivity index (χ0n) is 15.1. The van der Waals surface area contributed by atoms with Crippen LogP contribution in [0.15, 0.2) is 24.3 Å². The van der Waals surface area contributed by atoms with E-state index in [-0.39, 0.29) is 17.8 Å². The summed E-state index contributed by atoms with van der Waals surface area (Å²) in [5.41, 5.74) is 1.03. The van der Waals surface area contributed by atoms with Gasteiger partial charge in [0, 0.05) is 58.6 Å². The highest BCUT2D eigenvalue weighted by Crippen LogP contribution is 2.17. The molecule has 1 atom stereocenters. The molecule has 1 aliphatic rings. The summed E-state index contributed by atoms with van der Waals surface area (Å²) in [4.78, 5) is 16.7. The molecule has 1 aromatic rings. The van der Waals surface area contributed by atoms with Gasteiger partial charge in [0.25, 0.3) is 0 Å². The summed E-state index contributed by atoms with van der Waals surface area (Å²) in [6, 6.07) is 6.43. The van der Waals surface area contributed by atoms with Gasteiger partial charge in [0.2, 0.25) is 5.91 Å². The van der Waals surface area contributed by atoms with E-state index in [1.54, 1.807) is 19.2 Å². The van der Waals surface area contributed by atoms with Crippen LogP contribution in [-0.2, 0) is 9.53 Å². The molecular weight excluding hydrogens is 323 g/mol. The van der Waals surface area contributed by atoms with Gasteiger partial charge in [0.1, 0.15) is 5.82 Å². The first-order valence-electron chi connectivity index (χ1n) is 8.83. The number of anilines is 1. The van der Waals surface area contributed by atoms with Gasteiger partial charge < -0.3 is 20.3 Å². The minimum Gasteiger partial charge on any atom is -0.383 e. The predicted octanol–water partition coefficient (Wildman–Crippen LogP) is 0.688. The minimum absolute atomic E-state index is 0.0590. The molecule has 0 radical (unpaired) electrons. The maximum atomic E-state index is 13.0. The standard InChI is InChI=1S/C18H29FN4O2/c1-15(18(24)21-8-7-20-9-14-25-2)22-10-12-23(13-11-22)17-5-3-16(19)4-6-17/h3-6,15,20H,7-14H2,1-2H3,(H,21,24). The van der Waals surface area contributed by atoms with E-state index < -0.39 is 0 Å². The molecule has 1 heterocycles. The van der Waals surface area contributed by atoms with Crippen LogP contribution in [0.1, 0.15) is 6.92 Å². The summed E-state index contributed by atoms with van der Waals surface area (Å²) in [6.07, 6.45) is 0. The molecule has 1 aliphatic heterocycles. The summed E-state index contributed by atoms with van der Waals surface area (Å²) < 4.78 is 18.0. The fourth-order valence-electron chi connectivity index (χ4n) is 2.91. The van der Waals surface area contributed by atoms with E-state index in [9.17, 15) is 9.18 Å². The SMILES string of the molecule is COCCNCCNC(=O)C(C)N1CCN(c2ccc(F)cc2)CC1. The van der Waals surface area contributed by atoms with Gasteiger partial charge in [-0.3, -0.25) is 9.69 Å². The quantitative estimate of drug-likeness (QED) is 0.641. The summed E-state index contributed by atoms with van der Waals surface area (Å²) in [7, 11) is 1.67. The van der Waals surface area contributed by atoms with Crippen LogP contribution < -0.4 is 15.5 Å². The molecule has 1 unspecified atom stereocenters. The number of halogens is 1. The Morgan fingerprint density at radius 2 is 1.84 bits per heavy atom. The van der Waals surface area contributed by atoms with Crippen molar-refractivity contribution in [2.45, 2.75) is 13.0 Å². The first kappa shape index (κ1) is 19.6. The van der Waals surface area contributed by atoms with Gasteiger partial charge in [-0.2, -0.15) is 0 Å². The van der Waals surface area contributed by atoms with Crippen LogP contribution in [0.3, 0.4) is 0 Å². The lowest BCUT2D eigenvalue weighted by Crippen LogP contribution is -2.54. The Hall–Kier alpha value is -1.70. The van der Waals surface area contributed by atoms with Gasteiger partial charge in [-0.15, -0.1) is 0 Å². The number of ether oxygens (including phenoxy) is 1. The van der Waals surface area contributed by atoms with Crippen molar-refractivity contribution in [2.75, 3.05) is 64.4 Å². The number of carbonyl (C=O) groups is 1. The Bertz CT molecular complexity index is 518. The third-order valence-corrected chi connectivity index (χ3v) is 4.52. The molecule has 0 aliphatic carbocycles. The molecular formula is C18H29FN4O2. The largest absolute Gasteiger partial charge is 0.383 e. The number of carbonyl (C=O) groups excluding carboxylic acids is 1. The molecule has 1 saturated heterocycles. The van der Waals surface area contributed by atoms with E-state index in [4.69, 9.17) is 4.74 Å². The molecule has 6 nitrogen and oxygen atoms in total. The zero-order chi connectivity index (χ0) is 18.1. The molecule has 1 aromatic carbocycles. The van der Waals surface area contributed by atoms with Crippen LogP contribution in [-0.4, -0.2) is 76.4 Å². The molecule has 140 valence electrons. The van der Waals surface area contributed by atoms with Crippen molar-refractivity contribution in [1.29, 1.82) is 0 Å². The van der Waals surface area contributed by atoms with Gasteiger partial charge >= 0.3 is 0 Å². The number of nitrogens with one attached hydrogen (secondary N) is 2. The first-order valence-corrected chi connectivity index (χ1v) is 8.83. The predicted molar refractivity (Wildman–Crippen MR) is 97.4 cm³/mol. The fourth-order valence-corrected chi connectivity index (χ4v) is 2.91. The molecule has 2 rings (SSSR count). The van der Waals surface area contributed by atoms with Gasteiger partial charge in [0.15, 0.2) is 0 Å². The smallest absolute Gasteiger partial charge is 0.237 e. The van der Waals surface area contributed by atoms with Crippen molar-refractivity contribution < 1.29 is 13.9 Å². The fraction of sp³-hybridized carbons (Fsp3) is 0.611. The van der Waals surface area contributed by atoms with Crippen molar-refractivity contribution in [1.82, 2.24) is 15.5 Å². The Kier molecular flexibility index (Phi) is 8.11. The second kappa shape index (κ2) is 10.3. The Morgan fingerprint density at radius 1 is 1.16 bits per heavy atom. The van der Waals surface area contributed by atoms with Crippen molar-refractivity contribution >= 4 is 11.6 Å². The topological polar surface area (TPSA) is 56.8 Å². The van der Waals surface area contributed by atoms with Crippen molar-refractivity contribution in [3.8, 4) is 0 Å². The lowest BCUT2D eigenvalue weighted by molar-refractivity contribution is -0.125. The third-order valence-electron chi connectivity index (χ3n) is 4.52. The number of rotatable bonds is 9. The molecule has 1 fully saturated rings. The molecule has 7 heteroatoms. The summed E-state index contributed by atoms with van der Waals surface area (Å²) in [5.74, 6) is -0.159. The number of benzene rings is 1. The summed E-state index contributed by atoms with van der Waals surface area (Å²) in [5, 5.41) is 6.17. The Labute approximate surface area is 149 Å². The number of methoxy groups -OCH3 is 1. The monoisotopic (exact) mass is 352 g/mol. The van der Waals surface area contributed by atoms with Crippen LogP contribution >= 0.6 is 0 Å². The first-order chi connectivity index (χ1) is 12.1. The third kappa shape index (κ3) is 6.26. The van der Waals surface area contributed by atoms with E-state index in [1.165, 1.54) is 12.1 Å². The second-order valence-corrected chi connectivity index (χ2v) is 6.21. The number of hydrogen-bond acceptors (Lipinski definition) is 5. The average Bonchev–Trinajstić information content (AvgIpc) is 2.64. The number of amides is 1. The molecule has 1 amide bonds. The van der Waals surface area contributed by atoms with Gasteiger partial charge in [-0.25, -0.2) is 4.39 Å². The van der Waals surface area contributed by atoms with Crippen LogP contribution in [0.2, 0.25) is 0 Å². The molecule has 0 spiro atoms. The lowest BCUT2D eigenvalue weighted by atomic mass is 10.2. The zero-order valence-corrected chi connectivity index (χ0v) is 15.1. The van der Waals surface area contributed by atoms with Crippen LogP contribution in [0.4, 0.5) is 10.1 Å². The van der Waals surface area contributed by atoms with E-state index in [0.29, 0.717) is 13.2 Å². The normalized spacial score (nSPS) is 16.7. The second-order valence-electron chi connectivity index (χ2n) is 6.21. The molecule has 2 N–H and O–H groups in total. The van der Waals surface area contributed by atoms with Gasteiger partial charge in [-0.1, -0.05) is 0 Å². The number of hydrogen-bond donors (Lipinski definition) is 2. The minimum atomic E-state index is -0.218. The Balaban J connectivity index is 1.68. The van der Waals surface area contributed by atoms with E-state index in [1.807, 2.05) is 6.92 Å². The number of nitrogens with zero attached hydrogens (tertiary/aromatic N) is 2. The molecule has 25 heavy (non-hydrogen) atoms. The van der Waals surface area contributed by atoms with Gasteiger partial charge in [-0.05, 0) is 31.2 Å². The highest BCUT2D eigenvalue weighted by atomic mass is 19.1. The highest BCUT2D eigenvalue weighted by molar-refractivity contribution is 5.81. The summed E-state index contributed by atoms with van der Waals surface area (Å²) >= 11 is 0. The summed E-state index contributed by atoms with van der Waals surface area (Å²) in [6.45, 7) is 8.06. The maximum absolute atomic E-state index is 13.0. The van der Waals surface area contributed by atoms with Crippen LogP contribution in [0, 0.1) is 5.82 Å². The lowest BCUT2D eigenvalue weighted by Gasteiger charge is -2.38. The van der Waals surface area contributed by atoms with E-state index >= 15 is 0 Å². The molecule has 0 saturated carbocycles. The van der Waals surface area contributed by atoms with E-state index in [2.05, 4.69) is 20.4 Å².